The molecule has 0 radical (unpaired) electrons. The molecule has 5 rings (SSSR count). The molecule has 0 unspecified atom stereocenters. The van der Waals surface area contributed by atoms with E-state index in [1.807, 2.05) is 62.5 Å². The fourth-order valence-electron chi connectivity index (χ4n) is 4.91. The second-order valence-corrected chi connectivity index (χ2v) is 11.2. The van der Waals surface area contributed by atoms with Crippen molar-refractivity contribution in [3.8, 4) is 11.1 Å². The molecule has 0 saturated carbocycles. The van der Waals surface area contributed by atoms with Crippen molar-refractivity contribution >= 4 is 17.8 Å². The van der Waals surface area contributed by atoms with E-state index >= 15 is 0 Å². The summed E-state index contributed by atoms with van der Waals surface area (Å²) in [6.07, 6.45) is -0.885. The zero-order valence-corrected chi connectivity index (χ0v) is 24.8. The lowest BCUT2D eigenvalue weighted by Crippen LogP contribution is -2.38. The van der Waals surface area contributed by atoms with Gasteiger partial charge < -0.3 is 25.2 Å². The third-order valence-electron chi connectivity index (χ3n) is 7.31. The fraction of sp³-hybridized carbons (Fsp3) is 0.355. The lowest BCUT2D eigenvalue weighted by atomic mass is 9.91. The third kappa shape index (κ3) is 7.16. The van der Waals surface area contributed by atoms with Crippen molar-refractivity contribution in [3.05, 3.63) is 95.1 Å². The normalized spacial score (nSPS) is 20.3. The number of tetrazole rings is 1. The summed E-state index contributed by atoms with van der Waals surface area (Å²) < 4.78 is 14.8. The molecule has 1 aliphatic heterocycles. The molecule has 0 aliphatic carbocycles. The molecule has 0 spiro atoms. The highest BCUT2D eigenvalue weighted by Gasteiger charge is 2.38. The zero-order valence-electron chi connectivity index (χ0n) is 23.9. The Morgan fingerprint density at radius 2 is 1.74 bits per heavy atom. The van der Waals surface area contributed by atoms with Crippen LogP contribution in [0.25, 0.3) is 11.1 Å². The van der Waals surface area contributed by atoms with E-state index in [-0.39, 0.29) is 30.8 Å². The number of nitrogens with zero attached hydrogens (tertiary/aromatic N) is 4. The summed E-state index contributed by atoms with van der Waals surface area (Å²) in [6, 6.07) is 24.1. The van der Waals surface area contributed by atoms with Crippen molar-refractivity contribution < 1.29 is 19.4 Å². The Morgan fingerprint density at radius 1 is 0.976 bits per heavy atom. The highest BCUT2D eigenvalue weighted by Crippen LogP contribution is 2.43. The van der Waals surface area contributed by atoms with Crippen LogP contribution in [0.5, 0.6) is 0 Å². The minimum atomic E-state index is -0.561. The van der Waals surface area contributed by atoms with Crippen LogP contribution in [-0.2, 0) is 29.7 Å². The van der Waals surface area contributed by atoms with Gasteiger partial charge in [0.1, 0.15) is 0 Å². The summed E-state index contributed by atoms with van der Waals surface area (Å²) >= 11 is 1.56. The van der Waals surface area contributed by atoms with E-state index in [2.05, 4.69) is 57.3 Å². The number of aromatic nitrogens is 4. The third-order valence-corrected chi connectivity index (χ3v) is 8.41. The van der Waals surface area contributed by atoms with Gasteiger partial charge in [0.25, 0.3) is 0 Å². The van der Waals surface area contributed by atoms with Gasteiger partial charge in [-0.1, -0.05) is 85.4 Å². The number of ether oxygens (including phenoxy) is 2. The molecule has 3 aromatic carbocycles. The molecule has 2 heterocycles. The molecular weight excluding hydrogens is 552 g/mol. The first kappa shape index (κ1) is 29.7. The number of urea groups is 1. The number of carbonyl (C=O) groups excluding carboxylic acids is 1. The van der Waals surface area contributed by atoms with Gasteiger partial charge in [0.15, 0.2) is 6.29 Å². The molecule has 4 atom stereocenters. The molecule has 220 valence electrons. The van der Waals surface area contributed by atoms with Gasteiger partial charge in [-0.15, -0.1) is 5.10 Å². The van der Waals surface area contributed by atoms with Gasteiger partial charge in [-0.2, -0.15) is 0 Å². The number of amides is 2. The van der Waals surface area contributed by atoms with Crippen LogP contribution >= 0.6 is 11.8 Å². The van der Waals surface area contributed by atoms with Crippen molar-refractivity contribution in [1.29, 1.82) is 0 Å². The first-order valence-electron chi connectivity index (χ1n) is 14.0. The van der Waals surface area contributed by atoms with Crippen LogP contribution < -0.4 is 10.6 Å². The van der Waals surface area contributed by atoms with E-state index in [9.17, 15) is 9.90 Å². The number of hydrogen-bond donors (Lipinski definition) is 3. The summed E-state index contributed by atoms with van der Waals surface area (Å²) in [4.78, 5) is 11.8. The number of carbonyl (C=O) groups is 1. The van der Waals surface area contributed by atoms with E-state index in [4.69, 9.17) is 9.47 Å². The molecular formula is C31H36N6O4S. The number of nitrogens with one attached hydrogen (secondary N) is 2. The number of aryl methyl sites for hydroxylation is 1. The maximum absolute atomic E-state index is 11.8. The Bertz CT molecular complexity index is 1460. The summed E-state index contributed by atoms with van der Waals surface area (Å²) in [5, 5.41) is 27.6. The standard InChI is InChI=1S/C31H36N6O4S/c1-4-32-30(39)33-17-22-6-5-7-26(16-22)23-12-14-25(15-13-23)29-40-27(19-42-31-34-35-36-37(31)3)20(2)28(41-29)24-10-8-21(18-38)9-11-24/h5-16,20,27-29,38H,4,17-19H2,1-3H3,(H2,32,33,39)/t20-,27+,28+,29+/m1/s1. The van der Waals surface area contributed by atoms with Gasteiger partial charge in [0, 0.05) is 37.4 Å². The molecule has 11 heteroatoms. The van der Waals surface area contributed by atoms with Crippen molar-refractivity contribution in [3.63, 3.8) is 0 Å². The molecule has 1 fully saturated rings. The van der Waals surface area contributed by atoms with Crippen molar-refractivity contribution in [1.82, 2.24) is 30.8 Å². The van der Waals surface area contributed by atoms with E-state index in [1.165, 1.54) is 0 Å². The van der Waals surface area contributed by atoms with Gasteiger partial charge in [-0.3, -0.25) is 0 Å². The summed E-state index contributed by atoms with van der Waals surface area (Å²) in [6.45, 7) is 5.06. The van der Waals surface area contributed by atoms with Crippen molar-refractivity contribution in [2.75, 3.05) is 12.3 Å². The van der Waals surface area contributed by atoms with Gasteiger partial charge in [0.05, 0.1) is 18.8 Å². The Balaban J connectivity index is 1.34. The second kappa shape index (κ2) is 13.9. The SMILES string of the molecule is CCNC(=O)NCc1cccc(-c2ccc([C@H]3O[C@@H](CSc4nnnn4C)[C@@H](C)[C@@H](c4ccc(CO)cc4)O3)cc2)c1. The second-order valence-electron chi connectivity index (χ2n) is 10.3. The predicted molar refractivity (Wildman–Crippen MR) is 160 cm³/mol. The van der Waals surface area contributed by atoms with Crippen molar-refractivity contribution in [2.24, 2.45) is 13.0 Å². The van der Waals surface area contributed by atoms with Gasteiger partial charge in [0.2, 0.25) is 5.16 Å². The van der Waals surface area contributed by atoms with E-state index in [0.717, 1.165) is 38.5 Å². The largest absolute Gasteiger partial charge is 0.392 e. The molecule has 1 aliphatic rings. The van der Waals surface area contributed by atoms with Crippen LogP contribution in [0.2, 0.25) is 0 Å². The molecule has 1 aromatic heterocycles. The highest BCUT2D eigenvalue weighted by molar-refractivity contribution is 7.99. The van der Waals surface area contributed by atoms with E-state index < -0.39 is 6.29 Å². The maximum Gasteiger partial charge on any atom is 0.315 e. The van der Waals surface area contributed by atoms with Crippen LogP contribution in [0.1, 0.15) is 48.5 Å². The van der Waals surface area contributed by atoms with Crippen LogP contribution in [0, 0.1) is 5.92 Å². The number of rotatable bonds is 10. The maximum atomic E-state index is 11.8. The first-order valence-corrected chi connectivity index (χ1v) is 15.0. The van der Waals surface area contributed by atoms with Crippen LogP contribution in [0.4, 0.5) is 4.79 Å². The average Bonchev–Trinajstić information content (AvgIpc) is 3.44. The van der Waals surface area contributed by atoms with Gasteiger partial charge in [-0.05, 0) is 51.2 Å². The van der Waals surface area contributed by atoms with Crippen LogP contribution in [-0.4, -0.2) is 49.7 Å². The molecule has 2 amide bonds. The molecule has 0 bridgehead atoms. The molecule has 42 heavy (non-hydrogen) atoms. The number of aliphatic hydroxyl groups excluding tert-OH is 1. The fourth-order valence-corrected chi connectivity index (χ4v) is 5.92. The molecule has 4 aromatic rings. The minimum Gasteiger partial charge on any atom is -0.392 e. The van der Waals surface area contributed by atoms with Crippen LogP contribution in [0.3, 0.4) is 0 Å². The van der Waals surface area contributed by atoms with Gasteiger partial charge in [-0.25, -0.2) is 9.48 Å². The number of benzene rings is 3. The Labute approximate surface area is 249 Å². The number of hydrogen-bond acceptors (Lipinski definition) is 8. The highest BCUT2D eigenvalue weighted by atomic mass is 32.2. The van der Waals surface area contributed by atoms with E-state index in [0.29, 0.717) is 18.8 Å². The van der Waals surface area contributed by atoms with Crippen molar-refractivity contribution in [2.45, 2.75) is 50.7 Å². The average molecular weight is 589 g/mol. The molecule has 3 N–H and O–H groups in total. The Hall–Kier alpha value is -3.77. The zero-order chi connectivity index (χ0) is 29.5. The van der Waals surface area contributed by atoms with E-state index in [1.54, 1.807) is 16.4 Å². The summed E-state index contributed by atoms with van der Waals surface area (Å²) in [5.41, 5.74) is 5.95. The van der Waals surface area contributed by atoms with Gasteiger partial charge >= 0.3 is 6.03 Å². The number of thioether (sulfide) groups is 1. The molecule has 1 saturated heterocycles. The number of aliphatic hydroxyl groups is 1. The quantitative estimate of drug-likeness (QED) is 0.226. The lowest BCUT2D eigenvalue weighted by molar-refractivity contribution is -0.268. The lowest BCUT2D eigenvalue weighted by Gasteiger charge is -2.41. The first-order chi connectivity index (χ1) is 20.4. The Morgan fingerprint density at radius 3 is 2.43 bits per heavy atom. The molecule has 10 nitrogen and oxygen atoms in total. The monoisotopic (exact) mass is 588 g/mol. The minimum absolute atomic E-state index is 0.00193. The smallest absolute Gasteiger partial charge is 0.315 e. The predicted octanol–water partition coefficient (Wildman–Crippen LogP) is 4.77. The Kier molecular flexibility index (Phi) is 9.85. The topological polar surface area (TPSA) is 123 Å². The van der Waals surface area contributed by atoms with Crippen LogP contribution in [0.15, 0.2) is 78.0 Å². The summed E-state index contributed by atoms with van der Waals surface area (Å²) in [7, 11) is 1.82. The summed E-state index contributed by atoms with van der Waals surface area (Å²) in [5.74, 6) is 0.722.